The molecule has 0 bridgehead atoms. The molecule has 0 heterocycles. The van der Waals surface area contributed by atoms with Gasteiger partial charge < -0.3 is 10.2 Å². The summed E-state index contributed by atoms with van der Waals surface area (Å²) in [4.78, 5) is 2.76. The van der Waals surface area contributed by atoms with E-state index in [2.05, 4.69) is 31.0 Å². The van der Waals surface area contributed by atoms with E-state index in [-0.39, 0.29) is 5.54 Å². The molecular formula is C16H32N2. The van der Waals surface area contributed by atoms with E-state index in [0.29, 0.717) is 0 Å². The van der Waals surface area contributed by atoms with Crippen LogP contribution in [0.3, 0.4) is 0 Å². The maximum atomic E-state index is 3.58. The number of nitrogens with zero attached hydrogens (tertiary/aromatic N) is 1. The summed E-state index contributed by atoms with van der Waals surface area (Å²) in [7, 11) is 0. The molecular weight excluding hydrogens is 220 g/mol. The second-order valence-corrected chi connectivity index (χ2v) is 7.53. The molecule has 2 heteroatoms. The zero-order valence-electron chi connectivity index (χ0n) is 12.7. The molecule has 106 valence electrons. The van der Waals surface area contributed by atoms with Gasteiger partial charge in [0.25, 0.3) is 0 Å². The van der Waals surface area contributed by atoms with Gasteiger partial charge in [0.15, 0.2) is 0 Å². The summed E-state index contributed by atoms with van der Waals surface area (Å²) in [6.07, 6.45) is 8.66. The van der Waals surface area contributed by atoms with Crippen molar-refractivity contribution >= 4 is 0 Å². The zero-order chi connectivity index (χ0) is 13.0. The third kappa shape index (κ3) is 6.75. The van der Waals surface area contributed by atoms with Gasteiger partial charge in [-0.3, -0.25) is 0 Å². The Morgan fingerprint density at radius 3 is 1.94 bits per heavy atom. The van der Waals surface area contributed by atoms with Crippen LogP contribution in [-0.4, -0.2) is 36.6 Å². The molecule has 18 heavy (non-hydrogen) atoms. The molecule has 0 aromatic heterocycles. The molecule has 0 aromatic carbocycles. The molecule has 0 amide bonds. The summed E-state index contributed by atoms with van der Waals surface area (Å²) in [6, 6.07) is 0. The molecule has 0 spiro atoms. The minimum atomic E-state index is 0.279. The van der Waals surface area contributed by atoms with Crippen LogP contribution >= 0.6 is 0 Å². The van der Waals surface area contributed by atoms with Gasteiger partial charge in [-0.15, -0.1) is 0 Å². The van der Waals surface area contributed by atoms with Gasteiger partial charge in [-0.2, -0.15) is 0 Å². The van der Waals surface area contributed by atoms with E-state index in [1.165, 1.54) is 64.7 Å². The van der Waals surface area contributed by atoms with E-state index in [1.54, 1.807) is 0 Å². The fourth-order valence-electron chi connectivity index (χ4n) is 2.51. The average Bonchev–Trinajstić information content (AvgIpc) is 3.10. The summed E-state index contributed by atoms with van der Waals surface area (Å²) < 4.78 is 0. The molecule has 0 saturated heterocycles. The van der Waals surface area contributed by atoms with Crippen molar-refractivity contribution in [1.29, 1.82) is 0 Å². The van der Waals surface area contributed by atoms with E-state index in [9.17, 15) is 0 Å². The lowest BCUT2D eigenvalue weighted by atomic mass is 10.1. The Labute approximate surface area is 114 Å². The predicted molar refractivity (Wildman–Crippen MR) is 78.9 cm³/mol. The van der Waals surface area contributed by atoms with Gasteiger partial charge in [0.1, 0.15) is 0 Å². The van der Waals surface area contributed by atoms with Crippen LogP contribution in [0.5, 0.6) is 0 Å². The maximum Gasteiger partial charge on any atom is 0.00965 e. The molecule has 2 rings (SSSR count). The highest BCUT2D eigenvalue weighted by atomic mass is 15.1. The normalized spacial score (nSPS) is 20.7. The molecule has 0 aromatic rings. The topological polar surface area (TPSA) is 15.3 Å². The SMILES string of the molecule is CC(C)(C)NCCCCN(CC1CC1)CC1CC1. The summed E-state index contributed by atoms with van der Waals surface area (Å²) in [5, 5.41) is 3.58. The molecule has 2 saturated carbocycles. The first-order valence-electron chi connectivity index (χ1n) is 8.00. The van der Waals surface area contributed by atoms with Gasteiger partial charge in [-0.25, -0.2) is 0 Å². The Bertz CT molecular complexity index is 222. The second-order valence-electron chi connectivity index (χ2n) is 7.53. The van der Waals surface area contributed by atoms with E-state index < -0.39 is 0 Å². The number of nitrogens with one attached hydrogen (secondary N) is 1. The molecule has 0 unspecified atom stereocenters. The second kappa shape index (κ2) is 6.38. The van der Waals surface area contributed by atoms with Crippen molar-refractivity contribution in [2.75, 3.05) is 26.2 Å². The molecule has 2 nitrogen and oxygen atoms in total. The third-order valence-electron chi connectivity index (χ3n) is 3.98. The first kappa shape index (κ1) is 14.3. The Kier molecular flexibility index (Phi) is 5.08. The van der Waals surface area contributed by atoms with Crippen LogP contribution in [0, 0.1) is 11.8 Å². The van der Waals surface area contributed by atoms with Crippen molar-refractivity contribution in [2.45, 2.75) is 64.8 Å². The van der Waals surface area contributed by atoms with E-state index in [4.69, 9.17) is 0 Å². The Morgan fingerprint density at radius 2 is 1.50 bits per heavy atom. The molecule has 0 radical (unpaired) electrons. The van der Waals surface area contributed by atoms with Gasteiger partial charge in [-0.05, 0) is 84.2 Å². The summed E-state index contributed by atoms with van der Waals surface area (Å²) in [6.45, 7) is 12.0. The van der Waals surface area contributed by atoms with Gasteiger partial charge in [0.05, 0.1) is 0 Å². The van der Waals surface area contributed by atoms with Gasteiger partial charge >= 0.3 is 0 Å². The van der Waals surface area contributed by atoms with Crippen LogP contribution < -0.4 is 5.32 Å². The van der Waals surface area contributed by atoms with Crippen molar-refractivity contribution in [1.82, 2.24) is 10.2 Å². The lowest BCUT2D eigenvalue weighted by Crippen LogP contribution is -2.36. The monoisotopic (exact) mass is 252 g/mol. The van der Waals surface area contributed by atoms with E-state index >= 15 is 0 Å². The Hall–Kier alpha value is -0.0800. The number of rotatable bonds is 9. The fourth-order valence-corrected chi connectivity index (χ4v) is 2.51. The molecule has 2 aliphatic rings. The van der Waals surface area contributed by atoms with Gasteiger partial charge in [0, 0.05) is 18.6 Å². The van der Waals surface area contributed by atoms with Crippen molar-refractivity contribution in [3.8, 4) is 0 Å². The average molecular weight is 252 g/mol. The summed E-state index contributed by atoms with van der Waals surface area (Å²) >= 11 is 0. The minimum Gasteiger partial charge on any atom is -0.312 e. The highest BCUT2D eigenvalue weighted by molar-refractivity contribution is 4.82. The molecule has 1 N–H and O–H groups in total. The first-order valence-corrected chi connectivity index (χ1v) is 8.00. The van der Waals surface area contributed by atoms with Gasteiger partial charge in [0.2, 0.25) is 0 Å². The fraction of sp³-hybridized carbons (Fsp3) is 1.00. The van der Waals surface area contributed by atoms with Crippen LogP contribution in [0.4, 0.5) is 0 Å². The van der Waals surface area contributed by atoms with Gasteiger partial charge in [-0.1, -0.05) is 0 Å². The van der Waals surface area contributed by atoms with Crippen LogP contribution in [-0.2, 0) is 0 Å². The quantitative estimate of drug-likeness (QED) is 0.634. The molecule has 2 aliphatic carbocycles. The van der Waals surface area contributed by atoms with Crippen LogP contribution in [0.1, 0.15) is 59.3 Å². The first-order chi connectivity index (χ1) is 8.53. The van der Waals surface area contributed by atoms with Crippen LogP contribution in [0.15, 0.2) is 0 Å². The van der Waals surface area contributed by atoms with Crippen molar-refractivity contribution < 1.29 is 0 Å². The number of unbranched alkanes of at least 4 members (excludes halogenated alkanes) is 1. The third-order valence-corrected chi connectivity index (χ3v) is 3.98. The van der Waals surface area contributed by atoms with Crippen LogP contribution in [0.25, 0.3) is 0 Å². The van der Waals surface area contributed by atoms with Crippen LogP contribution in [0.2, 0.25) is 0 Å². The standard InChI is InChI=1S/C16H32N2/c1-16(2,3)17-10-4-5-11-18(12-14-6-7-14)13-15-8-9-15/h14-15,17H,4-13H2,1-3H3. The number of hydrogen-bond acceptors (Lipinski definition) is 2. The lowest BCUT2D eigenvalue weighted by Gasteiger charge is -2.23. The summed E-state index contributed by atoms with van der Waals surface area (Å²) in [5.74, 6) is 2.10. The van der Waals surface area contributed by atoms with Crippen molar-refractivity contribution in [3.63, 3.8) is 0 Å². The summed E-state index contributed by atoms with van der Waals surface area (Å²) in [5.41, 5.74) is 0.279. The Balaban J connectivity index is 1.53. The maximum absolute atomic E-state index is 3.58. The van der Waals surface area contributed by atoms with Crippen molar-refractivity contribution in [3.05, 3.63) is 0 Å². The van der Waals surface area contributed by atoms with E-state index in [1.807, 2.05) is 0 Å². The number of hydrogen-bond donors (Lipinski definition) is 1. The van der Waals surface area contributed by atoms with E-state index in [0.717, 1.165) is 11.8 Å². The van der Waals surface area contributed by atoms with Crippen molar-refractivity contribution in [2.24, 2.45) is 11.8 Å². The highest BCUT2D eigenvalue weighted by Crippen LogP contribution is 2.33. The molecule has 2 fully saturated rings. The molecule has 0 atom stereocenters. The highest BCUT2D eigenvalue weighted by Gasteiger charge is 2.28. The smallest absolute Gasteiger partial charge is 0.00965 e. The lowest BCUT2D eigenvalue weighted by molar-refractivity contribution is 0.246. The minimum absolute atomic E-state index is 0.279. The predicted octanol–water partition coefficient (Wildman–Crippen LogP) is 3.28. The Morgan fingerprint density at radius 1 is 0.944 bits per heavy atom. The molecule has 0 aliphatic heterocycles. The largest absolute Gasteiger partial charge is 0.312 e. The zero-order valence-corrected chi connectivity index (χ0v) is 12.7.